The first kappa shape index (κ1) is 10.6. The average molecular weight is 205 g/mol. The second-order valence-corrected chi connectivity index (χ2v) is 3.24. The Balaban J connectivity index is 3.31. The summed E-state index contributed by atoms with van der Waals surface area (Å²) in [4.78, 5) is 0. The highest BCUT2D eigenvalue weighted by Gasteiger charge is 2.09. The van der Waals surface area contributed by atoms with E-state index in [-0.39, 0.29) is 0 Å². The minimum Gasteiger partial charge on any atom is -0.198 e. The summed E-state index contributed by atoms with van der Waals surface area (Å²) in [6, 6.07) is 7.57. The third-order valence-corrected chi connectivity index (χ3v) is 2.52. The van der Waals surface area contributed by atoms with E-state index in [1.165, 1.54) is 0 Å². The number of hydrogen-bond acceptors (Lipinski definition) is 2. The second-order valence-electron chi connectivity index (χ2n) is 2.87. The Morgan fingerprint density at radius 3 is 2.57 bits per heavy atom. The van der Waals surface area contributed by atoms with E-state index in [1.807, 2.05) is 13.0 Å². The molecule has 0 aromatic heterocycles. The van der Waals surface area contributed by atoms with Crippen molar-refractivity contribution in [1.29, 1.82) is 10.5 Å². The van der Waals surface area contributed by atoms with Crippen molar-refractivity contribution in [3.63, 3.8) is 0 Å². The van der Waals surface area contributed by atoms with E-state index in [0.29, 0.717) is 17.0 Å². The molecule has 0 saturated heterocycles. The summed E-state index contributed by atoms with van der Waals surface area (Å²) < 4.78 is 0. The number of rotatable bonds is 2. The van der Waals surface area contributed by atoms with Gasteiger partial charge in [0.25, 0.3) is 0 Å². The minimum absolute atomic E-state index is 0.342. The molecule has 0 amide bonds. The van der Waals surface area contributed by atoms with Crippen molar-refractivity contribution in [1.82, 2.24) is 0 Å². The molecule has 0 aliphatic carbocycles. The van der Waals surface area contributed by atoms with Crippen molar-refractivity contribution in [3.05, 3.63) is 33.8 Å². The maximum absolute atomic E-state index is 8.76. The maximum Gasteiger partial charge on any atom is 0.101 e. The van der Waals surface area contributed by atoms with Crippen LogP contribution in [0.1, 0.15) is 23.6 Å². The molecule has 0 aliphatic rings. The van der Waals surface area contributed by atoms with Crippen LogP contribution in [0.15, 0.2) is 12.1 Å². The van der Waals surface area contributed by atoms with Crippen LogP contribution in [-0.2, 0) is 12.8 Å². The first-order valence-electron chi connectivity index (χ1n) is 4.31. The Morgan fingerprint density at radius 1 is 1.36 bits per heavy atom. The van der Waals surface area contributed by atoms with E-state index in [1.54, 1.807) is 12.1 Å². The lowest BCUT2D eigenvalue weighted by Crippen LogP contribution is -1.95. The number of nitriles is 2. The van der Waals surface area contributed by atoms with E-state index in [4.69, 9.17) is 22.1 Å². The van der Waals surface area contributed by atoms with E-state index in [2.05, 4.69) is 6.07 Å². The van der Waals surface area contributed by atoms with Gasteiger partial charge in [-0.05, 0) is 23.6 Å². The Labute approximate surface area is 88.3 Å². The monoisotopic (exact) mass is 204 g/mol. The number of benzene rings is 1. The molecule has 70 valence electrons. The summed E-state index contributed by atoms with van der Waals surface area (Å²) in [5, 5.41) is 17.8. The zero-order valence-electron chi connectivity index (χ0n) is 7.84. The molecule has 0 N–H and O–H groups in total. The normalized spacial score (nSPS) is 9.14. The third kappa shape index (κ3) is 1.87. The van der Waals surface area contributed by atoms with Gasteiger partial charge in [-0.3, -0.25) is 0 Å². The van der Waals surface area contributed by atoms with Crippen molar-refractivity contribution in [2.45, 2.75) is 19.8 Å². The van der Waals surface area contributed by atoms with Crippen molar-refractivity contribution in [2.75, 3.05) is 0 Å². The lowest BCUT2D eigenvalue weighted by Gasteiger charge is -2.07. The molecular formula is C11H9ClN2. The lowest BCUT2D eigenvalue weighted by atomic mass is 10.00. The van der Waals surface area contributed by atoms with Crippen LogP contribution < -0.4 is 0 Å². The molecule has 0 bridgehead atoms. The van der Waals surface area contributed by atoms with Gasteiger partial charge in [0.15, 0.2) is 0 Å². The van der Waals surface area contributed by atoms with Crippen molar-refractivity contribution in [3.8, 4) is 12.1 Å². The van der Waals surface area contributed by atoms with Gasteiger partial charge in [-0.2, -0.15) is 10.5 Å². The van der Waals surface area contributed by atoms with Crippen LogP contribution in [0, 0.1) is 22.7 Å². The average Bonchev–Trinajstić information content (AvgIpc) is 2.19. The topological polar surface area (TPSA) is 47.6 Å². The number of nitrogens with zero attached hydrogens (tertiary/aromatic N) is 2. The molecule has 0 saturated carbocycles. The molecule has 14 heavy (non-hydrogen) atoms. The molecule has 1 aromatic rings. The van der Waals surface area contributed by atoms with Gasteiger partial charge in [-0.15, -0.1) is 0 Å². The zero-order chi connectivity index (χ0) is 10.6. The summed E-state index contributed by atoms with van der Waals surface area (Å²) in [7, 11) is 0. The first-order chi connectivity index (χ1) is 6.74. The SMILES string of the molecule is CCc1c(CC#N)ccc(C#N)c1Cl. The first-order valence-corrected chi connectivity index (χ1v) is 4.69. The zero-order valence-corrected chi connectivity index (χ0v) is 8.60. The summed E-state index contributed by atoms with van der Waals surface area (Å²) >= 11 is 6.02. The molecular weight excluding hydrogens is 196 g/mol. The Hall–Kier alpha value is -1.51. The highest BCUT2D eigenvalue weighted by atomic mass is 35.5. The summed E-state index contributed by atoms with van der Waals surface area (Å²) in [5.41, 5.74) is 2.30. The second kappa shape index (κ2) is 4.65. The van der Waals surface area contributed by atoms with Crippen LogP contribution in [0.3, 0.4) is 0 Å². The molecule has 3 heteroatoms. The predicted octanol–water partition coefficient (Wildman–Crippen LogP) is 2.84. The summed E-state index contributed by atoms with van der Waals surface area (Å²) in [5.74, 6) is 0. The van der Waals surface area contributed by atoms with Gasteiger partial charge in [-0.1, -0.05) is 24.6 Å². The fourth-order valence-electron chi connectivity index (χ4n) is 1.38. The van der Waals surface area contributed by atoms with Gasteiger partial charge < -0.3 is 0 Å². The van der Waals surface area contributed by atoms with Gasteiger partial charge in [0.2, 0.25) is 0 Å². The molecule has 0 fully saturated rings. The van der Waals surface area contributed by atoms with Crippen LogP contribution in [0.4, 0.5) is 0 Å². The number of hydrogen-bond donors (Lipinski definition) is 0. The van der Waals surface area contributed by atoms with Gasteiger partial charge >= 0.3 is 0 Å². The molecule has 0 unspecified atom stereocenters. The molecule has 1 rings (SSSR count). The van der Waals surface area contributed by atoms with E-state index in [9.17, 15) is 0 Å². The Kier molecular flexibility index (Phi) is 3.51. The smallest absolute Gasteiger partial charge is 0.101 e. The third-order valence-electron chi connectivity index (χ3n) is 2.08. The van der Waals surface area contributed by atoms with Crippen LogP contribution in [0.25, 0.3) is 0 Å². The van der Waals surface area contributed by atoms with Crippen molar-refractivity contribution < 1.29 is 0 Å². The molecule has 0 aliphatic heterocycles. The van der Waals surface area contributed by atoms with Gasteiger partial charge in [0.1, 0.15) is 6.07 Å². The van der Waals surface area contributed by atoms with Crippen LogP contribution >= 0.6 is 11.6 Å². The van der Waals surface area contributed by atoms with Gasteiger partial charge in [-0.25, -0.2) is 0 Å². The molecule has 1 aromatic carbocycles. The predicted molar refractivity (Wildman–Crippen MR) is 54.9 cm³/mol. The maximum atomic E-state index is 8.76. The minimum atomic E-state index is 0.342. The molecule has 0 radical (unpaired) electrons. The Bertz CT molecular complexity index is 424. The standard InChI is InChI=1S/C11H9ClN2/c1-2-10-8(5-6-13)3-4-9(7-14)11(10)12/h3-4H,2,5H2,1H3. The van der Waals surface area contributed by atoms with Crippen LogP contribution in [0.5, 0.6) is 0 Å². The summed E-state index contributed by atoms with van der Waals surface area (Å²) in [6.07, 6.45) is 1.08. The fraction of sp³-hybridized carbons (Fsp3) is 0.273. The van der Waals surface area contributed by atoms with Gasteiger partial charge in [0, 0.05) is 0 Å². The van der Waals surface area contributed by atoms with Gasteiger partial charge in [0.05, 0.1) is 23.1 Å². The van der Waals surface area contributed by atoms with Crippen LogP contribution in [0.2, 0.25) is 5.02 Å². The highest BCUT2D eigenvalue weighted by molar-refractivity contribution is 6.32. The van der Waals surface area contributed by atoms with Crippen molar-refractivity contribution >= 4 is 11.6 Å². The molecule has 0 atom stereocenters. The lowest BCUT2D eigenvalue weighted by molar-refractivity contribution is 1.08. The van der Waals surface area contributed by atoms with E-state index < -0.39 is 0 Å². The number of halogens is 1. The quantitative estimate of drug-likeness (QED) is 0.744. The van der Waals surface area contributed by atoms with E-state index >= 15 is 0 Å². The fourth-order valence-corrected chi connectivity index (χ4v) is 1.74. The molecule has 0 spiro atoms. The molecule has 0 heterocycles. The summed E-state index contributed by atoms with van der Waals surface area (Å²) in [6.45, 7) is 1.96. The van der Waals surface area contributed by atoms with Crippen LogP contribution in [-0.4, -0.2) is 0 Å². The highest BCUT2D eigenvalue weighted by Crippen LogP contribution is 2.25. The van der Waals surface area contributed by atoms with Crippen molar-refractivity contribution in [2.24, 2.45) is 0 Å². The largest absolute Gasteiger partial charge is 0.198 e. The Morgan fingerprint density at radius 2 is 2.07 bits per heavy atom. The van der Waals surface area contributed by atoms with E-state index in [0.717, 1.165) is 17.5 Å². The molecule has 2 nitrogen and oxygen atoms in total.